The van der Waals surface area contributed by atoms with Crippen molar-refractivity contribution >= 4 is 6.03 Å². The van der Waals surface area contributed by atoms with E-state index in [2.05, 4.69) is 24.5 Å². The highest BCUT2D eigenvalue weighted by atomic mass is 16.5. The van der Waals surface area contributed by atoms with Crippen molar-refractivity contribution in [3.05, 3.63) is 59.7 Å². The zero-order valence-electron chi connectivity index (χ0n) is 15.2. The molecule has 0 saturated carbocycles. The highest BCUT2D eigenvalue weighted by Crippen LogP contribution is 2.25. The summed E-state index contributed by atoms with van der Waals surface area (Å²) < 4.78 is 10.4. The molecule has 0 aliphatic carbocycles. The Balaban J connectivity index is 2.24. The summed E-state index contributed by atoms with van der Waals surface area (Å²) in [5.74, 6) is 1.95. The summed E-state index contributed by atoms with van der Waals surface area (Å²) in [5, 5.41) is 5.95. The monoisotopic (exact) mass is 342 g/mol. The largest absolute Gasteiger partial charge is 0.497 e. The Morgan fingerprint density at radius 1 is 0.880 bits per heavy atom. The lowest BCUT2D eigenvalue weighted by atomic mass is 9.98. The third-order valence-corrected chi connectivity index (χ3v) is 3.84. The summed E-state index contributed by atoms with van der Waals surface area (Å²) >= 11 is 0. The second kappa shape index (κ2) is 8.97. The lowest BCUT2D eigenvalue weighted by molar-refractivity contribution is 0.237. The molecular weight excluding hydrogens is 316 g/mol. The Morgan fingerprint density at radius 3 is 1.68 bits per heavy atom. The number of amides is 2. The second-order valence-electron chi connectivity index (χ2n) is 6.23. The molecule has 0 spiro atoms. The van der Waals surface area contributed by atoms with Gasteiger partial charge in [-0.1, -0.05) is 38.1 Å². The number of carbonyl (C=O) groups excluding carboxylic acids is 1. The molecule has 0 fully saturated rings. The van der Waals surface area contributed by atoms with Crippen LogP contribution in [0.2, 0.25) is 0 Å². The smallest absolute Gasteiger partial charge is 0.315 e. The van der Waals surface area contributed by atoms with Crippen LogP contribution in [0, 0.1) is 5.92 Å². The van der Waals surface area contributed by atoms with Gasteiger partial charge >= 0.3 is 6.03 Å². The van der Waals surface area contributed by atoms with Crippen LogP contribution < -0.4 is 20.1 Å². The van der Waals surface area contributed by atoms with Crippen LogP contribution in [0.3, 0.4) is 0 Å². The molecule has 5 nitrogen and oxygen atoms in total. The van der Waals surface area contributed by atoms with Crippen molar-refractivity contribution in [3.8, 4) is 11.5 Å². The number of carbonyl (C=O) groups is 1. The van der Waals surface area contributed by atoms with E-state index < -0.39 is 0 Å². The van der Waals surface area contributed by atoms with Crippen molar-refractivity contribution in [1.82, 2.24) is 10.6 Å². The molecular formula is C20H26N2O3. The number of rotatable bonds is 7. The molecule has 134 valence electrons. The SMILES string of the molecule is COc1ccc(C(NC(=O)NCC(C)C)c2ccc(OC)cc2)cc1. The van der Waals surface area contributed by atoms with Gasteiger partial charge in [-0.2, -0.15) is 0 Å². The molecule has 0 atom stereocenters. The van der Waals surface area contributed by atoms with Crippen LogP contribution >= 0.6 is 0 Å². The lowest BCUT2D eigenvalue weighted by Gasteiger charge is -2.21. The van der Waals surface area contributed by atoms with E-state index in [0.29, 0.717) is 12.5 Å². The van der Waals surface area contributed by atoms with Crippen LogP contribution in [0.15, 0.2) is 48.5 Å². The number of ether oxygens (including phenoxy) is 2. The Morgan fingerprint density at radius 2 is 1.32 bits per heavy atom. The number of benzene rings is 2. The van der Waals surface area contributed by atoms with E-state index in [4.69, 9.17) is 9.47 Å². The van der Waals surface area contributed by atoms with Gasteiger partial charge in [0.15, 0.2) is 0 Å². The second-order valence-corrected chi connectivity index (χ2v) is 6.23. The van der Waals surface area contributed by atoms with E-state index in [0.717, 1.165) is 22.6 Å². The highest BCUT2D eigenvalue weighted by molar-refractivity contribution is 5.75. The molecule has 2 rings (SSSR count). The first-order valence-electron chi connectivity index (χ1n) is 8.35. The third-order valence-electron chi connectivity index (χ3n) is 3.84. The van der Waals surface area contributed by atoms with Gasteiger partial charge in [-0.15, -0.1) is 0 Å². The average molecular weight is 342 g/mol. The fraction of sp³-hybridized carbons (Fsp3) is 0.350. The average Bonchev–Trinajstić information content (AvgIpc) is 2.64. The summed E-state index contributed by atoms with van der Waals surface area (Å²) in [6.45, 7) is 4.75. The van der Waals surface area contributed by atoms with Crippen LogP contribution in [0.5, 0.6) is 11.5 Å². The first-order valence-corrected chi connectivity index (χ1v) is 8.35. The first-order chi connectivity index (χ1) is 12.0. The number of hydrogen-bond acceptors (Lipinski definition) is 3. The Hall–Kier alpha value is -2.69. The molecule has 0 radical (unpaired) electrons. The number of nitrogens with one attached hydrogen (secondary N) is 2. The molecule has 0 bridgehead atoms. The van der Waals surface area contributed by atoms with Crippen molar-refractivity contribution in [2.75, 3.05) is 20.8 Å². The zero-order chi connectivity index (χ0) is 18.2. The van der Waals surface area contributed by atoms with Gasteiger partial charge in [-0.05, 0) is 41.3 Å². The van der Waals surface area contributed by atoms with Gasteiger partial charge in [0.2, 0.25) is 0 Å². The van der Waals surface area contributed by atoms with Crippen molar-refractivity contribution in [2.24, 2.45) is 5.92 Å². The topological polar surface area (TPSA) is 59.6 Å². The first kappa shape index (κ1) is 18.6. The predicted molar refractivity (Wildman–Crippen MR) is 99.2 cm³/mol. The van der Waals surface area contributed by atoms with Crippen LogP contribution in [-0.4, -0.2) is 26.8 Å². The summed E-state index contributed by atoms with van der Waals surface area (Å²) in [6.07, 6.45) is 0. The quantitative estimate of drug-likeness (QED) is 0.806. The zero-order valence-corrected chi connectivity index (χ0v) is 15.2. The Kier molecular flexibility index (Phi) is 6.69. The molecule has 0 aromatic heterocycles. The molecule has 5 heteroatoms. The summed E-state index contributed by atoms with van der Waals surface area (Å²) in [4.78, 5) is 12.3. The van der Waals surface area contributed by atoms with Crippen LogP contribution in [0.25, 0.3) is 0 Å². The molecule has 0 aliphatic rings. The number of methoxy groups -OCH3 is 2. The van der Waals surface area contributed by atoms with E-state index in [1.807, 2.05) is 48.5 Å². The normalized spacial score (nSPS) is 10.6. The Labute approximate surface area is 149 Å². The highest BCUT2D eigenvalue weighted by Gasteiger charge is 2.17. The Bertz CT molecular complexity index is 619. The van der Waals surface area contributed by atoms with Crippen LogP contribution in [-0.2, 0) is 0 Å². The molecule has 0 aliphatic heterocycles. The van der Waals surface area contributed by atoms with E-state index in [-0.39, 0.29) is 12.1 Å². The molecule has 0 unspecified atom stereocenters. The standard InChI is InChI=1S/C20H26N2O3/c1-14(2)13-21-20(23)22-19(15-5-9-17(24-3)10-6-15)16-7-11-18(25-4)12-8-16/h5-12,14,19H,13H2,1-4H3,(H2,21,22,23). The number of hydrogen-bond donors (Lipinski definition) is 2. The van der Waals surface area contributed by atoms with Crippen molar-refractivity contribution < 1.29 is 14.3 Å². The minimum absolute atomic E-state index is 0.190. The van der Waals surface area contributed by atoms with E-state index in [1.165, 1.54) is 0 Å². The summed E-state index contributed by atoms with van der Waals surface area (Å²) in [7, 11) is 3.27. The molecule has 2 aromatic rings. The van der Waals surface area contributed by atoms with E-state index in [9.17, 15) is 4.79 Å². The molecule has 25 heavy (non-hydrogen) atoms. The van der Waals surface area contributed by atoms with Crippen molar-refractivity contribution in [2.45, 2.75) is 19.9 Å². The van der Waals surface area contributed by atoms with Gasteiger partial charge in [0.25, 0.3) is 0 Å². The molecule has 0 heterocycles. The van der Waals surface area contributed by atoms with Gasteiger partial charge in [0.05, 0.1) is 20.3 Å². The van der Waals surface area contributed by atoms with Gasteiger partial charge in [-0.3, -0.25) is 0 Å². The van der Waals surface area contributed by atoms with E-state index in [1.54, 1.807) is 14.2 Å². The van der Waals surface area contributed by atoms with E-state index >= 15 is 0 Å². The minimum atomic E-state index is -0.260. The van der Waals surface area contributed by atoms with Crippen LogP contribution in [0.4, 0.5) is 4.79 Å². The maximum absolute atomic E-state index is 12.3. The van der Waals surface area contributed by atoms with Crippen LogP contribution in [0.1, 0.15) is 31.0 Å². The molecule has 2 amide bonds. The van der Waals surface area contributed by atoms with Gasteiger partial charge in [0, 0.05) is 6.54 Å². The maximum Gasteiger partial charge on any atom is 0.315 e. The minimum Gasteiger partial charge on any atom is -0.497 e. The van der Waals surface area contributed by atoms with Gasteiger partial charge in [-0.25, -0.2) is 4.79 Å². The fourth-order valence-electron chi connectivity index (χ4n) is 2.43. The molecule has 0 saturated heterocycles. The third kappa shape index (κ3) is 5.41. The van der Waals surface area contributed by atoms with Gasteiger partial charge < -0.3 is 20.1 Å². The maximum atomic E-state index is 12.3. The lowest BCUT2D eigenvalue weighted by Crippen LogP contribution is -2.39. The summed E-state index contributed by atoms with van der Waals surface area (Å²) in [6, 6.07) is 14.9. The molecule has 2 aromatic carbocycles. The predicted octanol–water partition coefficient (Wildman–Crippen LogP) is 3.75. The fourth-order valence-corrected chi connectivity index (χ4v) is 2.43. The van der Waals surface area contributed by atoms with Crippen molar-refractivity contribution in [1.29, 1.82) is 0 Å². The number of urea groups is 1. The molecule has 2 N–H and O–H groups in total. The van der Waals surface area contributed by atoms with Crippen molar-refractivity contribution in [3.63, 3.8) is 0 Å². The van der Waals surface area contributed by atoms with Gasteiger partial charge in [0.1, 0.15) is 11.5 Å². The summed E-state index contributed by atoms with van der Waals surface area (Å²) in [5.41, 5.74) is 1.95.